The van der Waals surface area contributed by atoms with Crippen molar-refractivity contribution in [3.05, 3.63) is 48.6 Å². The summed E-state index contributed by atoms with van der Waals surface area (Å²) in [5.41, 5.74) is 1.02. The van der Waals surface area contributed by atoms with Crippen molar-refractivity contribution in [1.82, 2.24) is 0 Å². The lowest BCUT2D eigenvalue weighted by molar-refractivity contribution is -0.112. The van der Waals surface area contributed by atoms with E-state index in [1.807, 2.05) is 0 Å². The first kappa shape index (κ1) is 12.0. The van der Waals surface area contributed by atoms with Gasteiger partial charge >= 0.3 is 0 Å². The van der Waals surface area contributed by atoms with Crippen LogP contribution in [-0.2, 0) is 4.79 Å². The molecule has 0 unspecified atom stereocenters. The SMILES string of the molecule is C=CC/C=C(\C)C(=O)Nc1ccccc1O. The number of rotatable bonds is 4. The average Bonchev–Trinajstić information content (AvgIpc) is 2.28. The van der Waals surface area contributed by atoms with E-state index in [1.165, 1.54) is 6.07 Å². The molecule has 84 valence electrons. The highest BCUT2D eigenvalue weighted by Crippen LogP contribution is 2.21. The van der Waals surface area contributed by atoms with E-state index in [0.717, 1.165) is 0 Å². The smallest absolute Gasteiger partial charge is 0.251 e. The third kappa shape index (κ3) is 3.28. The van der Waals surface area contributed by atoms with Gasteiger partial charge in [0.15, 0.2) is 0 Å². The number of carbonyl (C=O) groups excluding carboxylic acids is 1. The molecule has 0 saturated carbocycles. The van der Waals surface area contributed by atoms with Gasteiger partial charge in [0.05, 0.1) is 5.69 Å². The van der Waals surface area contributed by atoms with Gasteiger partial charge in [0, 0.05) is 5.57 Å². The summed E-state index contributed by atoms with van der Waals surface area (Å²) in [5.74, 6) is -0.157. The number of allylic oxidation sites excluding steroid dienone is 2. The van der Waals surface area contributed by atoms with Gasteiger partial charge in [-0.05, 0) is 25.5 Å². The van der Waals surface area contributed by atoms with E-state index >= 15 is 0 Å². The van der Waals surface area contributed by atoms with Crippen molar-refractivity contribution in [3.8, 4) is 5.75 Å². The van der Waals surface area contributed by atoms with E-state index in [4.69, 9.17) is 0 Å². The average molecular weight is 217 g/mol. The summed E-state index contributed by atoms with van der Waals surface area (Å²) in [6, 6.07) is 6.62. The van der Waals surface area contributed by atoms with Crippen LogP contribution in [0.4, 0.5) is 5.69 Å². The van der Waals surface area contributed by atoms with Gasteiger partial charge in [0.1, 0.15) is 5.75 Å². The van der Waals surface area contributed by atoms with Crippen LogP contribution in [0.1, 0.15) is 13.3 Å². The number of phenols is 1. The molecule has 0 atom stereocenters. The Morgan fingerprint density at radius 1 is 1.50 bits per heavy atom. The summed E-state index contributed by atoms with van der Waals surface area (Å²) in [4.78, 5) is 11.6. The van der Waals surface area contributed by atoms with Gasteiger partial charge < -0.3 is 10.4 Å². The molecule has 0 radical (unpaired) electrons. The second-order valence-corrected chi connectivity index (χ2v) is 3.38. The van der Waals surface area contributed by atoms with Crippen molar-refractivity contribution < 1.29 is 9.90 Å². The Hall–Kier alpha value is -2.03. The van der Waals surface area contributed by atoms with Gasteiger partial charge in [0.2, 0.25) is 0 Å². The van der Waals surface area contributed by atoms with Crippen molar-refractivity contribution in [3.63, 3.8) is 0 Å². The number of benzene rings is 1. The minimum absolute atomic E-state index is 0.0624. The topological polar surface area (TPSA) is 49.3 Å². The second-order valence-electron chi connectivity index (χ2n) is 3.38. The summed E-state index contributed by atoms with van der Waals surface area (Å²) in [6.45, 7) is 5.29. The fourth-order valence-electron chi connectivity index (χ4n) is 1.15. The number of hydrogen-bond acceptors (Lipinski definition) is 2. The third-order valence-corrected chi connectivity index (χ3v) is 2.10. The number of anilines is 1. The standard InChI is InChI=1S/C13H15NO2/c1-3-4-7-10(2)13(16)14-11-8-5-6-9-12(11)15/h3,5-9,15H,1,4H2,2H3,(H,14,16)/b10-7+. The predicted molar refractivity (Wildman–Crippen MR) is 65.3 cm³/mol. The van der Waals surface area contributed by atoms with Crippen molar-refractivity contribution in [1.29, 1.82) is 0 Å². The number of nitrogens with one attached hydrogen (secondary N) is 1. The molecule has 1 aromatic carbocycles. The maximum absolute atomic E-state index is 11.6. The lowest BCUT2D eigenvalue weighted by Gasteiger charge is -2.06. The van der Waals surface area contributed by atoms with Crippen LogP contribution in [0.2, 0.25) is 0 Å². The molecule has 0 fully saturated rings. The fourth-order valence-corrected chi connectivity index (χ4v) is 1.15. The largest absolute Gasteiger partial charge is 0.506 e. The van der Waals surface area contributed by atoms with Crippen molar-refractivity contribution >= 4 is 11.6 Å². The molecule has 2 N–H and O–H groups in total. The van der Waals surface area contributed by atoms with E-state index in [-0.39, 0.29) is 11.7 Å². The van der Waals surface area contributed by atoms with Crippen LogP contribution < -0.4 is 5.32 Å². The van der Waals surface area contributed by atoms with Crippen LogP contribution in [0.15, 0.2) is 48.6 Å². The Balaban J connectivity index is 2.72. The molecule has 0 aliphatic rings. The summed E-state index contributed by atoms with van der Waals surface area (Å²) in [6.07, 6.45) is 4.15. The zero-order valence-corrected chi connectivity index (χ0v) is 9.23. The van der Waals surface area contributed by atoms with E-state index in [0.29, 0.717) is 17.7 Å². The lowest BCUT2D eigenvalue weighted by Crippen LogP contribution is -2.12. The monoisotopic (exact) mass is 217 g/mol. The maximum atomic E-state index is 11.6. The molecule has 0 heterocycles. The highest BCUT2D eigenvalue weighted by atomic mass is 16.3. The number of para-hydroxylation sites is 2. The number of carbonyl (C=O) groups is 1. The van der Waals surface area contributed by atoms with Crippen molar-refractivity contribution in [2.75, 3.05) is 5.32 Å². The first-order valence-corrected chi connectivity index (χ1v) is 5.02. The highest BCUT2D eigenvalue weighted by Gasteiger charge is 2.06. The summed E-state index contributed by atoms with van der Waals surface area (Å²) in [7, 11) is 0. The van der Waals surface area contributed by atoms with Crippen molar-refractivity contribution in [2.45, 2.75) is 13.3 Å². The number of phenolic OH excluding ortho intramolecular Hbond substituents is 1. The quantitative estimate of drug-likeness (QED) is 0.463. The van der Waals surface area contributed by atoms with Gasteiger partial charge in [-0.15, -0.1) is 6.58 Å². The van der Waals surface area contributed by atoms with Crippen LogP contribution >= 0.6 is 0 Å². The molecule has 3 nitrogen and oxygen atoms in total. The van der Waals surface area contributed by atoms with E-state index in [1.54, 1.807) is 37.3 Å². The summed E-state index contributed by atoms with van der Waals surface area (Å²) < 4.78 is 0. The molecule has 3 heteroatoms. The minimum atomic E-state index is -0.219. The Labute approximate surface area is 95.1 Å². The predicted octanol–water partition coefficient (Wildman–Crippen LogP) is 2.85. The fraction of sp³-hybridized carbons (Fsp3) is 0.154. The van der Waals surface area contributed by atoms with Crippen LogP contribution in [0.25, 0.3) is 0 Å². The van der Waals surface area contributed by atoms with Gasteiger partial charge in [0.25, 0.3) is 5.91 Å². The molecule has 0 aliphatic heterocycles. The number of amides is 1. The van der Waals surface area contributed by atoms with Gasteiger partial charge in [-0.1, -0.05) is 24.3 Å². The Kier molecular flexibility index (Phi) is 4.33. The van der Waals surface area contributed by atoms with Gasteiger partial charge in [-0.25, -0.2) is 0 Å². The van der Waals surface area contributed by atoms with Crippen LogP contribution in [0.5, 0.6) is 5.75 Å². The first-order valence-electron chi connectivity index (χ1n) is 5.02. The van der Waals surface area contributed by atoms with Crippen molar-refractivity contribution in [2.24, 2.45) is 0 Å². The zero-order chi connectivity index (χ0) is 12.0. The highest BCUT2D eigenvalue weighted by molar-refractivity contribution is 6.04. The minimum Gasteiger partial charge on any atom is -0.506 e. The molecule has 1 amide bonds. The summed E-state index contributed by atoms with van der Waals surface area (Å²) in [5, 5.41) is 12.1. The molecule has 1 rings (SSSR count). The van der Waals surface area contributed by atoms with E-state index in [9.17, 15) is 9.90 Å². The Bertz CT molecular complexity index is 422. The maximum Gasteiger partial charge on any atom is 0.251 e. The van der Waals surface area contributed by atoms with Gasteiger partial charge in [-0.3, -0.25) is 4.79 Å². The first-order chi connectivity index (χ1) is 7.65. The van der Waals surface area contributed by atoms with Crippen LogP contribution in [0, 0.1) is 0 Å². The van der Waals surface area contributed by atoms with Crippen LogP contribution in [0.3, 0.4) is 0 Å². The molecule has 0 bridgehead atoms. The molecule has 1 aromatic rings. The molecular weight excluding hydrogens is 202 g/mol. The lowest BCUT2D eigenvalue weighted by atomic mass is 10.2. The summed E-state index contributed by atoms with van der Waals surface area (Å²) >= 11 is 0. The zero-order valence-electron chi connectivity index (χ0n) is 9.23. The molecule has 0 aromatic heterocycles. The van der Waals surface area contributed by atoms with E-state index in [2.05, 4.69) is 11.9 Å². The van der Waals surface area contributed by atoms with Gasteiger partial charge in [-0.2, -0.15) is 0 Å². The third-order valence-electron chi connectivity index (χ3n) is 2.10. The number of aromatic hydroxyl groups is 1. The molecular formula is C13H15NO2. The second kappa shape index (κ2) is 5.75. The molecule has 0 saturated heterocycles. The number of hydrogen-bond donors (Lipinski definition) is 2. The Morgan fingerprint density at radius 2 is 2.19 bits per heavy atom. The molecule has 16 heavy (non-hydrogen) atoms. The molecule has 0 aliphatic carbocycles. The normalized spacial score (nSPS) is 10.9. The van der Waals surface area contributed by atoms with Crippen LogP contribution in [-0.4, -0.2) is 11.0 Å². The van der Waals surface area contributed by atoms with E-state index < -0.39 is 0 Å². The Morgan fingerprint density at radius 3 is 2.81 bits per heavy atom. The molecule has 0 spiro atoms.